The van der Waals surface area contributed by atoms with Crippen molar-refractivity contribution in [3.05, 3.63) is 21.8 Å². The number of aliphatic imine (C=N–C) groups is 1. The summed E-state index contributed by atoms with van der Waals surface area (Å²) >= 11 is 9.14. The van der Waals surface area contributed by atoms with Crippen LogP contribution in [0.15, 0.2) is 21.8 Å². The number of hydrogen-bond acceptors (Lipinski definition) is 4. The molecule has 0 unspecified atom stereocenters. The summed E-state index contributed by atoms with van der Waals surface area (Å²) in [6.45, 7) is 0. The van der Waals surface area contributed by atoms with E-state index in [1.165, 1.54) is 11.3 Å². The van der Waals surface area contributed by atoms with Crippen LogP contribution >= 0.6 is 34.3 Å². The van der Waals surface area contributed by atoms with E-state index in [0.29, 0.717) is 0 Å². The van der Waals surface area contributed by atoms with Gasteiger partial charge in [-0.05, 0) is 11.4 Å². The molecule has 0 aromatic carbocycles. The van der Waals surface area contributed by atoms with Gasteiger partial charge in [-0.15, -0.1) is 22.7 Å². The Morgan fingerprint density at radius 3 is 2.88 bits per heavy atom. The van der Waals surface area contributed by atoms with Crippen molar-refractivity contribution in [3.8, 4) is 10.6 Å². The van der Waals surface area contributed by atoms with E-state index < -0.39 is 0 Å². The van der Waals surface area contributed by atoms with Crippen molar-refractivity contribution in [1.82, 2.24) is 9.88 Å². The average Bonchev–Trinajstić information content (AvgIpc) is 2.83. The van der Waals surface area contributed by atoms with Crippen molar-refractivity contribution in [2.24, 2.45) is 4.99 Å². The molecule has 0 bridgehead atoms. The molecule has 6 heteroatoms. The van der Waals surface area contributed by atoms with E-state index in [1.54, 1.807) is 17.7 Å². The number of aromatic nitrogens is 1. The van der Waals surface area contributed by atoms with E-state index in [1.807, 2.05) is 35.8 Å². The fourth-order valence-corrected chi connectivity index (χ4v) is 2.90. The monoisotopic (exact) mass is 271 g/mol. The molecule has 2 aromatic rings. The van der Waals surface area contributed by atoms with Gasteiger partial charge in [0.2, 0.25) is 5.13 Å². The fraction of sp³-hybridized carbons (Fsp3) is 0.200. The van der Waals surface area contributed by atoms with Gasteiger partial charge in [0.05, 0.1) is 21.9 Å². The van der Waals surface area contributed by atoms with Gasteiger partial charge in [0, 0.05) is 19.5 Å². The summed E-state index contributed by atoms with van der Waals surface area (Å²) in [5.41, 5.74) is 0.899. The Morgan fingerprint density at radius 2 is 2.25 bits per heavy atom. The highest BCUT2D eigenvalue weighted by molar-refractivity contribution is 7.16. The van der Waals surface area contributed by atoms with Crippen LogP contribution in [0.2, 0.25) is 5.02 Å². The topological polar surface area (TPSA) is 28.5 Å². The molecule has 2 rings (SSSR count). The van der Waals surface area contributed by atoms with E-state index in [0.717, 1.165) is 20.7 Å². The van der Waals surface area contributed by atoms with E-state index in [-0.39, 0.29) is 0 Å². The molecule has 0 spiro atoms. The van der Waals surface area contributed by atoms with Crippen LogP contribution in [-0.4, -0.2) is 30.3 Å². The van der Waals surface area contributed by atoms with Crippen molar-refractivity contribution >= 4 is 45.7 Å². The van der Waals surface area contributed by atoms with Crippen LogP contribution in [-0.2, 0) is 0 Å². The highest BCUT2D eigenvalue weighted by Crippen LogP contribution is 2.35. The van der Waals surface area contributed by atoms with Crippen molar-refractivity contribution in [2.45, 2.75) is 0 Å². The van der Waals surface area contributed by atoms with Gasteiger partial charge >= 0.3 is 0 Å². The Labute approximate surface area is 107 Å². The zero-order valence-electron chi connectivity index (χ0n) is 8.85. The van der Waals surface area contributed by atoms with Gasteiger partial charge in [-0.1, -0.05) is 11.6 Å². The molecule has 3 nitrogen and oxygen atoms in total. The van der Waals surface area contributed by atoms with Crippen molar-refractivity contribution in [2.75, 3.05) is 14.1 Å². The largest absolute Gasteiger partial charge is 0.369 e. The van der Waals surface area contributed by atoms with Crippen LogP contribution < -0.4 is 0 Å². The standard InChI is InChI=1S/C10H10ClN3S2/c1-14(2)6-12-10-13-8(5-16-10)9-7(11)3-4-15-9/h3-6H,1-2H3. The number of halogens is 1. The zero-order valence-corrected chi connectivity index (χ0v) is 11.2. The number of thiazole rings is 1. The number of hydrogen-bond donors (Lipinski definition) is 0. The molecule has 0 saturated carbocycles. The molecule has 16 heavy (non-hydrogen) atoms. The molecule has 0 radical (unpaired) electrons. The van der Waals surface area contributed by atoms with Crippen LogP contribution in [0.3, 0.4) is 0 Å². The molecule has 0 fully saturated rings. The molecular weight excluding hydrogens is 262 g/mol. The summed E-state index contributed by atoms with van der Waals surface area (Å²) in [7, 11) is 3.85. The summed E-state index contributed by atoms with van der Waals surface area (Å²) in [6.07, 6.45) is 1.73. The minimum atomic E-state index is 0.744. The SMILES string of the molecule is CN(C)C=Nc1nc(-c2sccc2Cl)cs1. The first kappa shape index (κ1) is 11.6. The molecule has 84 valence electrons. The molecule has 0 saturated heterocycles. The molecule has 0 N–H and O–H groups in total. The lowest BCUT2D eigenvalue weighted by Crippen LogP contribution is -2.06. The Bertz CT molecular complexity index is 502. The summed E-state index contributed by atoms with van der Waals surface area (Å²) in [5.74, 6) is 0. The van der Waals surface area contributed by atoms with Crippen LogP contribution in [0.4, 0.5) is 5.13 Å². The molecule has 0 aliphatic rings. The molecular formula is C10H10ClN3S2. The van der Waals surface area contributed by atoms with Crippen LogP contribution in [0.25, 0.3) is 10.6 Å². The maximum Gasteiger partial charge on any atom is 0.211 e. The number of rotatable bonds is 3. The maximum atomic E-state index is 6.04. The molecule has 0 aliphatic heterocycles. The zero-order chi connectivity index (χ0) is 11.5. The summed E-state index contributed by atoms with van der Waals surface area (Å²) in [4.78, 5) is 11.5. The van der Waals surface area contributed by atoms with Crippen molar-refractivity contribution < 1.29 is 0 Å². The van der Waals surface area contributed by atoms with Gasteiger partial charge in [-0.3, -0.25) is 0 Å². The summed E-state index contributed by atoms with van der Waals surface area (Å²) in [5, 5.41) is 5.42. The maximum absolute atomic E-state index is 6.04. The van der Waals surface area contributed by atoms with Crippen molar-refractivity contribution in [1.29, 1.82) is 0 Å². The molecule has 0 aliphatic carbocycles. The Hall–Kier alpha value is -0.910. The molecule has 0 amide bonds. The first-order chi connectivity index (χ1) is 7.66. The Kier molecular flexibility index (Phi) is 3.58. The average molecular weight is 272 g/mol. The number of thiophene rings is 1. The third kappa shape index (κ3) is 2.61. The second-order valence-corrected chi connectivity index (χ2v) is 5.48. The lowest BCUT2D eigenvalue weighted by atomic mass is 10.4. The first-order valence-electron chi connectivity index (χ1n) is 4.56. The molecule has 0 atom stereocenters. The van der Waals surface area contributed by atoms with Gasteiger partial charge < -0.3 is 4.90 Å². The summed E-state index contributed by atoms with van der Waals surface area (Å²) in [6, 6.07) is 1.88. The van der Waals surface area contributed by atoms with Crippen LogP contribution in [0.1, 0.15) is 0 Å². The fourth-order valence-electron chi connectivity index (χ4n) is 1.07. The minimum absolute atomic E-state index is 0.744. The van der Waals surface area contributed by atoms with E-state index in [4.69, 9.17) is 11.6 Å². The molecule has 2 heterocycles. The van der Waals surface area contributed by atoms with Crippen LogP contribution in [0, 0.1) is 0 Å². The van der Waals surface area contributed by atoms with E-state index in [9.17, 15) is 0 Å². The lowest BCUT2D eigenvalue weighted by Gasteiger charge is -1.99. The normalized spacial score (nSPS) is 11.2. The predicted molar refractivity (Wildman–Crippen MR) is 72.3 cm³/mol. The first-order valence-corrected chi connectivity index (χ1v) is 6.70. The Balaban J connectivity index is 2.23. The third-order valence-corrected chi connectivity index (χ3v) is 3.85. The molecule has 2 aromatic heterocycles. The quantitative estimate of drug-likeness (QED) is 0.628. The van der Waals surface area contributed by atoms with Crippen molar-refractivity contribution in [3.63, 3.8) is 0 Å². The van der Waals surface area contributed by atoms with Gasteiger partial charge in [0.25, 0.3) is 0 Å². The Morgan fingerprint density at radius 1 is 1.44 bits per heavy atom. The minimum Gasteiger partial charge on any atom is -0.369 e. The van der Waals surface area contributed by atoms with Gasteiger partial charge in [0.1, 0.15) is 0 Å². The number of nitrogens with zero attached hydrogens (tertiary/aromatic N) is 3. The van der Waals surface area contributed by atoms with Gasteiger partial charge in [-0.25, -0.2) is 9.98 Å². The van der Waals surface area contributed by atoms with E-state index in [2.05, 4.69) is 9.98 Å². The smallest absolute Gasteiger partial charge is 0.211 e. The summed E-state index contributed by atoms with van der Waals surface area (Å²) < 4.78 is 0. The lowest BCUT2D eigenvalue weighted by molar-refractivity contribution is 0.643. The highest BCUT2D eigenvalue weighted by atomic mass is 35.5. The van der Waals surface area contributed by atoms with Crippen LogP contribution in [0.5, 0.6) is 0 Å². The second kappa shape index (κ2) is 4.95. The predicted octanol–water partition coefficient (Wildman–Crippen LogP) is 3.75. The second-order valence-electron chi connectivity index (χ2n) is 3.32. The van der Waals surface area contributed by atoms with E-state index >= 15 is 0 Å². The van der Waals surface area contributed by atoms with Gasteiger partial charge in [0.15, 0.2) is 0 Å². The highest BCUT2D eigenvalue weighted by Gasteiger charge is 2.08. The van der Waals surface area contributed by atoms with Gasteiger partial charge in [-0.2, -0.15) is 0 Å². The third-order valence-electron chi connectivity index (χ3n) is 1.74.